The molecule has 0 N–H and O–H groups in total. The maximum absolute atomic E-state index is 11.8. The van der Waals surface area contributed by atoms with E-state index >= 15 is 0 Å². The van der Waals surface area contributed by atoms with Crippen molar-refractivity contribution in [2.24, 2.45) is 0 Å². The van der Waals surface area contributed by atoms with E-state index in [1.54, 1.807) is 37.6 Å². The van der Waals surface area contributed by atoms with Crippen molar-refractivity contribution in [2.45, 2.75) is 26.9 Å². The highest BCUT2D eigenvalue weighted by Gasteiger charge is 2.19. The monoisotopic (exact) mass is 279 g/mol. The lowest BCUT2D eigenvalue weighted by Crippen LogP contribution is -2.13. The van der Waals surface area contributed by atoms with Gasteiger partial charge in [-0.15, -0.1) is 5.10 Å². The summed E-state index contributed by atoms with van der Waals surface area (Å²) in [6.07, 6.45) is -0.187. The molecular weight excluding hydrogens is 266 g/mol. The summed E-state index contributed by atoms with van der Waals surface area (Å²) >= 11 is 5.83. The first-order valence-corrected chi connectivity index (χ1v) is 6.26. The number of hydrogen-bond donors (Lipinski definition) is 0. The molecule has 0 amide bonds. The molecule has 0 aliphatic rings. The second kappa shape index (κ2) is 5.40. The molecule has 6 heteroatoms. The first kappa shape index (κ1) is 13.5. The Kier molecular flexibility index (Phi) is 3.85. The van der Waals surface area contributed by atoms with E-state index in [-0.39, 0.29) is 11.8 Å². The van der Waals surface area contributed by atoms with Crippen molar-refractivity contribution in [3.63, 3.8) is 0 Å². The number of aromatic nitrogens is 3. The van der Waals surface area contributed by atoms with Gasteiger partial charge in [0.05, 0.1) is 17.5 Å². The van der Waals surface area contributed by atoms with Gasteiger partial charge < -0.3 is 4.74 Å². The molecule has 0 fully saturated rings. The van der Waals surface area contributed by atoms with Crippen LogP contribution in [0.25, 0.3) is 5.69 Å². The van der Waals surface area contributed by atoms with Crippen LogP contribution in [-0.2, 0) is 4.74 Å². The summed E-state index contributed by atoms with van der Waals surface area (Å²) in [5.74, 6) is -0.465. The van der Waals surface area contributed by atoms with Crippen molar-refractivity contribution in [1.29, 1.82) is 0 Å². The van der Waals surface area contributed by atoms with E-state index in [0.29, 0.717) is 10.7 Å². The molecule has 0 radical (unpaired) electrons. The number of hydrogen-bond acceptors (Lipinski definition) is 4. The maximum Gasteiger partial charge on any atom is 0.361 e. The van der Waals surface area contributed by atoms with Crippen molar-refractivity contribution in [3.05, 3.63) is 40.7 Å². The SMILES string of the molecule is Cc1c(C(=O)OC(C)C)nnn1-c1ccc(Cl)cc1. The molecule has 1 aromatic heterocycles. The Morgan fingerprint density at radius 3 is 2.53 bits per heavy atom. The summed E-state index contributed by atoms with van der Waals surface area (Å²) in [7, 11) is 0. The van der Waals surface area contributed by atoms with Crippen LogP contribution in [0.5, 0.6) is 0 Å². The van der Waals surface area contributed by atoms with E-state index in [1.165, 1.54) is 0 Å². The second-order valence-electron chi connectivity index (χ2n) is 4.37. The lowest BCUT2D eigenvalue weighted by molar-refractivity contribution is 0.0370. The van der Waals surface area contributed by atoms with E-state index in [0.717, 1.165) is 5.69 Å². The Morgan fingerprint density at radius 2 is 1.95 bits per heavy atom. The smallest absolute Gasteiger partial charge is 0.361 e. The first-order valence-electron chi connectivity index (χ1n) is 5.88. The molecule has 100 valence electrons. The number of ether oxygens (including phenoxy) is 1. The predicted molar refractivity (Wildman–Crippen MR) is 71.7 cm³/mol. The third-order valence-electron chi connectivity index (χ3n) is 2.50. The van der Waals surface area contributed by atoms with Crippen LogP contribution >= 0.6 is 11.6 Å². The standard InChI is InChI=1S/C13H14ClN3O2/c1-8(2)19-13(18)12-9(3)17(16-15-12)11-6-4-10(14)5-7-11/h4-8H,1-3H3. The lowest BCUT2D eigenvalue weighted by atomic mass is 10.3. The molecule has 5 nitrogen and oxygen atoms in total. The molecular formula is C13H14ClN3O2. The Bertz CT molecular complexity index is 590. The Labute approximate surface area is 116 Å². The lowest BCUT2D eigenvalue weighted by Gasteiger charge is -2.06. The highest BCUT2D eigenvalue weighted by atomic mass is 35.5. The Morgan fingerprint density at radius 1 is 1.32 bits per heavy atom. The van der Waals surface area contributed by atoms with Crippen molar-refractivity contribution >= 4 is 17.6 Å². The van der Waals surface area contributed by atoms with Crippen LogP contribution in [0.4, 0.5) is 0 Å². The summed E-state index contributed by atoms with van der Waals surface area (Å²) < 4.78 is 6.69. The highest BCUT2D eigenvalue weighted by Crippen LogP contribution is 2.16. The minimum Gasteiger partial charge on any atom is -0.458 e. The van der Waals surface area contributed by atoms with E-state index < -0.39 is 5.97 Å². The zero-order chi connectivity index (χ0) is 14.0. The van der Waals surface area contributed by atoms with Gasteiger partial charge in [0.25, 0.3) is 0 Å². The zero-order valence-corrected chi connectivity index (χ0v) is 11.7. The van der Waals surface area contributed by atoms with Gasteiger partial charge in [0, 0.05) is 5.02 Å². The molecule has 0 unspecified atom stereocenters. The van der Waals surface area contributed by atoms with Crippen LogP contribution < -0.4 is 0 Å². The minimum atomic E-state index is -0.465. The molecule has 1 aromatic carbocycles. The Hall–Kier alpha value is -1.88. The summed E-state index contributed by atoms with van der Waals surface area (Å²) in [4.78, 5) is 11.8. The molecule has 0 aliphatic heterocycles. The molecule has 0 aliphatic carbocycles. The summed E-state index contributed by atoms with van der Waals surface area (Å²) in [6.45, 7) is 5.35. The fourth-order valence-electron chi connectivity index (χ4n) is 1.62. The minimum absolute atomic E-state index is 0.187. The predicted octanol–water partition coefficient (Wildman–Crippen LogP) is 2.79. The first-order chi connectivity index (χ1) is 8.99. The molecule has 1 heterocycles. The third-order valence-corrected chi connectivity index (χ3v) is 2.75. The van der Waals surface area contributed by atoms with Crippen molar-refractivity contribution in [1.82, 2.24) is 15.0 Å². The van der Waals surface area contributed by atoms with Gasteiger partial charge in [0.2, 0.25) is 0 Å². The largest absolute Gasteiger partial charge is 0.458 e. The van der Waals surface area contributed by atoms with Gasteiger partial charge in [-0.3, -0.25) is 0 Å². The molecule has 0 atom stereocenters. The number of rotatable bonds is 3. The van der Waals surface area contributed by atoms with Crippen molar-refractivity contribution in [3.8, 4) is 5.69 Å². The van der Waals surface area contributed by atoms with E-state index in [4.69, 9.17) is 16.3 Å². The van der Waals surface area contributed by atoms with Gasteiger partial charge in [-0.2, -0.15) is 0 Å². The van der Waals surface area contributed by atoms with Crippen LogP contribution in [0.2, 0.25) is 5.02 Å². The van der Waals surface area contributed by atoms with Gasteiger partial charge in [-0.1, -0.05) is 16.8 Å². The summed E-state index contributed by atoms with van der Waals surface area (Å²) in [5, 5.41) is 8.48. The molecule has 0 saturated heterocycles. The zero-order valence-electron chi connectivity index (χ0n) is 10.9. The Balaban J connectivity index is 2.32. The number of carbonyl (C=O) groups is 1. The third kappa shape index (κ3) is 2.93. The van der Waals surface area contributed by atoms with Crippen LogP contribution in [-0.4, -0.2) is 27.1 Å². The fraction of sp³-hybridized carbons (Fsp3) is 0.308. The number of esters is 1. The van der Waals surface area contributed by atoms with E-state index in [2.05, 4.69) is 10.3 Å². The van der Waals surface area contributed by atoms with Crippen molar-refractivity contribution < 1.29 is 9.53 Å². The summed E-state index contributed by atoms with van der Waals surface area (Å²) in [5.41, 5.74) is 1.65. The van der Waals surface area contributed by atoms with Gasteiger partial charge in [-0.05, 0) is 45.0 Å². The van der Waals surface area contributed by atoms with Crippen LogP contribution in [0, 0.1) is 6.92 Å². The molecule has 0 spiro atoms. The van der Waals surface area contributed by atoms with Gasteiger partial charge in [0.15, 0.2) is 5.69 Å². The normalized spacial score (nSPS) is 10.8. The maximum atomic E-state index is 11.8. The number of benzene rings is 1. The van der Waals surface area contributed by atoms with E-state index in [9.17, 15) is 4.79 Å². The molecule has 0 saturated carbocycles. The molecule has 2 aromatic rings. The average Bonchev–Trinajstić information content (AvgIpc) is 2.71. The summed E-state index contributed by atoms with van der Waals surface area (Å²) in [6, 6.07) is 7.12. The van der Waals surface area contributed by atoms with Gasteiger partial charge in [0.1, 0.15) is 0 Å². The molecule has 19 heavy (non-hydrogen) atoms. The quantitative estimate of drug-likeness (QED) is 0.811. The second-order valence-corrected chi connectivity index (χ2v) is 4.80. The topological polar surface area (TPSA) is 57.0 Å². The average molecular weight is 280 g/mol. The van der Waals surface area contributed by atoms with Gasteiger partial charge in [-0.25, -0.2) is 9.48 Å². The highest BCUT2D eigenvalue weighted by molar-refractivity contribution is 6.30. The van der Waals surface area contributed by atoms with Crippen LogP contribution in [0.1, 0.15) is 30.0 Å². The molecule has 0 bridgehead atoms. The van der Waals surface area contributed by atoms with Crippen molar-refractivity contribution in [2.75, 3.05) is 0 Å². The van der Waals surface area contributed by atoms with E-state index in [1.807, 2.05) is 12.1 Å². The number of nitrogens with zero attached hydrogens (tertiary/aromatic N) is 3. The van der Waals surface area contributed by atoms with Crippen LogP contribution in [0.3, 0.4) is 0 Å². The number of halogens is 1. The fourth-order valence-corrected chi connectivity index (χ4v) is 1.74. The van der Waals surface area contributed by atoms with Crippen LogP contribution in [0.15, 0.2) is 24.3 Å². The molecule has 2 rings (SSSR count). The van der Waals surface area contributed by atoms with Gasteiger partial charge >= 0.3 is 5.97 Å². The number of carbonyl (C=O) groups excluding carboxylic acids is 1.